The highest BCUT2D eigenvalue weighted by Crippen LogP contribution is 2.36. The molecule has 38 heavy (non-hydrogen) atoms. The summed E-state index contributed by atoms with van der Waals surface area (Å²) in [6.07, 6.45) is 4.14. The molecule has 1 fully saturated rings. The minimum Gasteiger partial charge on any atom is -0.444 e. The third-order valence-corrected chi connectivity index (χ3v) is 7.12. The summed E-state index contributed by atoms with van der Waals surface area (Å²) < 4.78 is 7.43. The lowest BCUT2D eigenvalue weighted by molar-refractivity contribution is 0.000364. The van der Waals surface area contributed by atoms with Gasteiger partial charge in [0.2, 0.25) is 0 Å². The van der Waals surface area contributed by atoms with Crippen LogP contribution in [0.25, 0.3) is 10.9 Å². The van der Waals surface area contributed by atoms with E-state index in [0.29, 0.717) is 32.0 Å². The molecule has 2 aliphatic rings. The van der Waals surface area contributed by atoms with E-state index in [-0.39, 0.29) is 12.1 Å². The van der Waals surface area contributed by atoms with Crippen LogP contribution in [0.3, 0.4) is 0 Å². The number of urea groups is 1. The molecule has 10 nitrogen and oxygen atoms in total. The maximum absolute atomic E-state index is 13.3. The van der Waals surface area contributed by atoms with E-state index in [1.54, 1.807) is 15.8 Å². The number of amides is 3. The summed E-state index contributed by atoms with van der Waals surface area (Å²) in [6, 6.07) is 5.70. The van der Waals surface area contributed by atoms with Crippen molar-refractivity contribution in [1.29, 1.82) is 0 Å². The molecule has 0 saturated carbocycles. The highest BCUT2D eigenvalue weighted by molar-refractivity contribution is 6.04. The topological polar surface area (TPSA) is 95.8 Å². The summed E-state index contributed by atoms with van der Waals surface area (Å²) >= 11 is 0. The zero-order valence-corrected chi connectivity index (χ0v) is 23.3. The number of pyridine rings is 1. The van der Waals surface area contributed by atoms with Crippen LogP contribution in [0.2, 0.25) is 0 Å². The third-order valence-electron chi connectivity index (χ3n) is 7.12. The van der Waals surface area contributed by atoms with Gasteiger partial charge in [0, 0.05) is 67.9 Å². The Labute approximate surface area is 223 Å². The fourth-order valence-corrected chi connectivity index (χ4v) is 5.48. The van der Waals surface area contributed by atoms with Crippen molar-refractivity contribution in [2.75, 3.05) is 41.3 Å². The van der Waals surface area contributed by atoms with Gasteiger partial charge in [-0.25, -0.2) is 14.6 Å². The van der Waals surface area contributed by atoms with Crippen LogP contribution >= 0.6 is 0 Å². The SMILES string of the molecule is Cc1cc(NC(=O)N2CCc3c(N4CCN(C(=O)OC(C)(C)C)C(C)(C)C4)ccnc32)cc2cn(C)nc12. The number of piperazine rings is 1. The summed E-state index contributed by atoms with van der Waals surface area (Å²) in [5, 5.41) is 8.52. The molecule has 0 aliphatic carbocycles. The van der Waals surface area contributed by atoms with E-state index in [1.807, 2.05) is 64.0 Å². The quantitative estimate of drug-likeness (QED) is 0.527. The summed E-state index contributed by atoms with van der Waals surface area (Å²) in [4.78, 5) is 36.6. The van der Waals surface area contributed by atoms with Crippen molar-refractivity contribution in [2.45, 2.75) is 59.1 Å². The molecular formula is C28H37N7O3. The van der Waals surface area contributed by atoms with Gasteiger partial charge in [-0.15, -0.1) is 0 Å². The monoisotopic (exact) mass is 519 g/mol. The van der Waals surface area contributed by atoms with Crippen LogP contribution in [0.5, 0.6) is 0 Å². The van der Waals surface area contributed by atoms with E-state index < -0.39 is 11.1 Å². The molecule has 0 spiro atoms. The number of carbonyl (C=O) groups excluding carboxylic acids is 2. The van der Waals surface area contributed by atoms with Crippen LogP contribution in [0, 0.1) is 6.92 Å². The maximum atomic E-state index is 13.3. The Morgan fingerprint density at radius 2 is 1.89 bits per heavy atom. The number of hydrogen-bond acceptors (Lipinski definition) is 6. The van der Waals surface area contributed by atoms with E-state index in [4.69, 9.17) is 4.74 Å². The molecule has 0 atom stereocenters. The third kappa shape index (κ3) is 4.87. The highest BCUT2D eigenvalue weighted by Gasteiger charge is 2.40. The second kappa shape index (κ2) is 9.18. The van der Waals surface area contributed by atoms with Crippen molar-refractivity contribution in [3.8, 4) is 0 Å². The Morgan fingerprint density at radius 1 is 1.13 bits per heavy atom. The first-order valence-corrected chi connectivity index (χ1v) is 13.1. The van der Waals surface area contributed by atoms with Gasteiger partial charge in [-0.05, 0) is 71.7 Å². The first-order chi connectivity index (χ1) is 17.8. The lowest BCUT2D eigenvalue weighted by atomic mass is 9.98. The van der Waals surface area contributed by atoms with Crippen LogP contribution < -0.4 is 15.1 Å². The Morgan fingerprint density at radius 3 is 2.61 bits per heavy atom. The number of fused-ring (bicyclic) bond motifs is 2. The number of carbonyl (C=O) groups is 2. The second-order valence-electron chi connectivity index (χ2n) is 11.9. The van der Waals surface area contributed by atoms with Crippen molar-refractivity contribution in [1.82, 2.24) is 19.7 Å². The number of ether oxygens (including phenoxy) is 1. The molecule has 1 N–H and O–H groups in total. The van der Waals surface area contributed by atoms with Crippen molar-refractivity contribution in [3.63, 3.8) is 0 Å². The molecule has 202 valence electrons. The van der Waals surface area contributed by atoms with Crippen LogP contribution in [0.15, 0.2) is 30.6 Å². The fourth-order valence-electron chi connectivity index (χ4n) is 5.48. The van der Waals surface area contributed by atoms with Crippen LogP contribution in [-0.4, -0.2) is 69.1 Å². The average molecular weight is 520 g/mol. The van der Waals surface area contributed by atoms with Crippen LogP contribution in [0.1, 0.15) is 45.7 Å². The molecular weight excluding hydrogens is 482 g/mol. The van der Waals surface area contributed by atoms with Gasteiger partial charge >= 0.3 is 12.1 Å². The van der Waals surface area contributed by atoms with Crippen molar-refractivity contribution < 1.29 is 14.3 Å². The van der Waals surface area contributed by atoms with E-state index >= 15 is 0 Å². The van der Waals surface area contributed by atoms with Gasteiger partial charge in [-0.3, -0.25) is 14.5 Å². The number of aryl methyl sites for hydroxylation is 2. The zero-order valence-electron chi connectivity index (χ0n) is 23.3. The minimum absolute atomic E-state index is 0.203. The zero-order chi connectivity index (χ0) is 27.4. The Kier molecular flexibility index (Phi) is 6.24. The lowest BCUT2D eigenvalue weighted by Crippen LogP contribution is -2.62. The molecule has 2 aromatic heterocycles. The molecule has 2 aliphatic heterocycles. The van der Waals surface area contributed by atoms with Crippen molar-refractivity contribution in [3.05, 3.63) is 41.7 Å². The van der Waals surface area contributed by atoms with E-state index in [1.165, 1.54) is 0 Å². The van der Waals surface area contributed by atoms with Gasteiger partial charge in [0.05, 0.1) is 11.1 Å². The van der Waals surface area contributed by atoms with Gasteiger partial charge in [-0.1, -0.05) is 0 Å². The summed E-state index contributed by atoms with van der Waals surface area (Å²) in [5.74, 6) is 0.687. The number of aromatic nitrogens is 3. The first kappa shape index (κ1) is 25.8. The second-order valence-corrected chi connectivity index (χ2v) is 11.9. The predicted octanol–water partition coefficient (Wildman–Crippen LogP) is 4.71. The number of anilines is 3. The van der Waals surface area contributed by atoms with E-state index in [0.717, 1.165) is 39.8 Å². The molecule has 1 saturated heterocycles. The molecule has 0 unspecified atom stereocenters. The number of nitrogens with one attached hydrogen (secondary N) is 1. The smallest absolute Gasteiger partial charge is 0.410 e. The van der Waals surface area contributed by atoms with Gasteiger partial charge in [0.15, 0.2) is 0 Å². The standard InChI is InChI=1S/C28H37N7O3/c1-18-14-20(15-19-16-32(7)31-23(18)19)30-25(36)34-11-9-21-22(8-10-29-24(21)34)33-12-13-35(28(5,6)17-33)26(37)38-27(2,3)4/h8,10,14-16H,9,11-13,17H2,1-7H3,(H,30,36). The van der Waals surface area contributed by atoms with Crippen molar-refractivity contribution in [2.24, 2.45) is 7.05 Å². The molecule has 0 bridgehead atoms. The van der Waals surface area contributed by atoms with E-state index in [9.17, 15) is 9.59 Å². The number of benzene rings is 1. The lowest BCUT2D eigenvalue weighted by Gasteiger charge is -2.48. The Hall–Kier alpha value is -3.82. The van der Waals surface area contributed by atoms with Gasteiger partial charge < -0.3 is 15.0 Å². The Balaban J connectivity index is 1.33. The highest BCUT2D eigenvalue weighted by atomic mass is 16.6. The molecule has 1 aromatic carbocycles. The molecule has 3 amide bonds. The van der Waals surface area contributed by atoms with Crippen LogP contribution in [0.4, 0.5) is 26.8 Å². The predicted molar refractivity (Wildman–Crippen MR) is 149 cm³/mol. The molecule has 0 radical (unpaired) electrons. The molecule has 4 heterocycles. The van der Waals surface area contributed by atoms with Gasteiger partial charge in [0.1, 0.15) is 11.4 Å². The van der Waals surface area contributed by atoms with Crippen LogP contribution in [-0.2, 0) is 18.2 Å². The average Bonchev–Trinajstić information content (AvgIpc) is 3.40. The number of nitrogens with zero attached hydrogens (tertiary/aromatic N) is 6. The van der Waals surface area contributed by atoms with Crippen molar-refractivity contribution >= 4 is 40.2 Å². The first-order valence-electron chi connectivity index (χ1n) is 13.1. The van der Waals surface area contributed by atoms with E-state index in [2.05, 4.69) is 34.1 Å². The molecule has 10 heteroatoms. The largest absolute Gasteiger partial charge is 0.444 e. The summed E-state index contributed by atoms with van der Waals surface area (Å²) in [7, 11) is 1.89. The number of rotatable bonds is 2. The van der Waals surface area contributed by atoms with Gasteiger partial charge in [-0.2, -0.15) is 5.10 Å². The molecule has 5 rings (SSSR count). The Bertz CT molecular complexity index is 1410. The normalized spacial score (nSPS) is 17.1. The summed E-state index contributed by atoms with van der Waals surface area (Å²) in [6.45, 7) is 14.2. The molecule has 3 aromatic rings. The minimum atomic E-state index is -0.539. The maximum Gasteiger partial charge on any atom is 0.410 e. The van der Waals surface area contributed by atoms with Gasteiger partial charge in [0.25, 0.3) is 0 Å². The summed E-state index contributed by atoms with van der Waals surface area (Å²) in [5.41, 5.74) is 3.83. The fraction of sp³-hybridized carbons (Fsp3) is 0.500. The number of hydrogen-bond donors (Lipinski definition) is 1.